The summed E-state index contributed by atoms with van der Waals surface area (Å²) in [6.45, 7) is 0. The van der Waals surface area contributed by atoms with Gasteiger partial charge in [0.2, 0.25) is 0 Å². The molecule has 1 nitrogen and oxygen atoms in total. The molecule has 0 unspecified atom stereocenters. The van der Waals surface area contributed by atoms with Crippen LogP contribution in [-0.2, 0) is 0 Å². The quantitative estimate of drug-likeness (QED) is 0.165. The molecule has 0 aliphatic rings. The molecule has 2 heteroatoms. The van der Waals surface area contributed by atoms with E-state index in [4.69, 9.17) is 0 Å². The smallest absolute Gasteiger partial charge is 0.0640 e. The van der Waals surface area contributed by atoms with Gasteiger partial charge in [-0.3, -0.25) is 0 Å². The van der Waals surface area contributed by atoms with Crippen LogP contribution in [0.5, 0.6) is 0 Å². The molecule has 0 amide bonds. The van der Waals surface area contributed by atoms with Crippen molar-refractivity contribution in [3.05, 3.63) is 212 Å². The molecule has 0 aliphatic heterocycles. The lowest BCUT2D eigenvalue weighted by Gasteiger charge is -2.28. The van der Waals surface area contributed by atoms with Crippen LogP contribution in [0.25, 0.3) is 85.9 Å². The Labute approximate surface area is 330 Å². The van der Waals surface area contributed by atoms with Crippen molar-refractivity contribution < 1.29 is 0 Å². The van der Waals surface area contributed by atoms with E-state index in [2.05, 4.69) is 217 Å². The van der Waals surface area contributed by atoms with Crippen LogP contribution >= 0.6 is 11.3 Å². The summed E-state index contributed by atoms with van der Waals surface area (Å²) < 4.78 is 2.57. The van der Waals surface area contributed by atoms with E-state index in [1.165, 1.54) is 91.6 Å². The molecule has 0 saturated heterocycles. The molecule has 1 aromatic heterocycles. The van der Waals surface area contributed by atoms with Gasteiger partial charge in [0.05, 0.1) is 10.4 Å². The Morgan fingerprint density at radius 3 is 1.64 bits per heavy atom. The van der Waals surface area contributed by atoms with Crippen LogP contribution in [0.15, 0.2) is 212 Å². The molecule has 0 spiro atoms. The minimum atomic E-state index is 1.11. The Balaban J connectivity index is 1.14. The van der Waals surface area contributed by atoms with Gasteiger partial charge in [0, 0.05) is 26.8 Å². The van der Waals surface area contributed by atoms with Crippen LogP contribution in [-0.4, -0.2) is 0 Å². The van der Waals surface area contributed by atoms with E-state index < -0.39 is 0 Å². The summed E-state index contributed by atoms with van der Waals surface area (Å²) in [4.78, 5) is 2.47. The number of rotatable bonds is 6. The first-order chi connectivity index (χ1) is 27.8. The standard InChI is InChI=1S/C54H35NS/c1-2-14-37(15-3-1)45-24-11-19-39-20-12-25-46(53(39)45)38-30-32-41(33-31-38)55(51-28-13-27-49-48-23-8-9-29-52(48)56-54(49)51)42-34-40-17-5-7-22-44(40)50(35-42)47-26-10-18-36-16-4-6-21-43(36)47/h1-35H. The maximum Gasteiger partial charge on any atom is 0.0640 e. The Morgan fingerprint density at radius 2 is 0.875 bits per heavy atom. The van der Waals surface area contributed by atoms with Crippen molar-refractivity contribution in [2.75, 3.05) is 4.90 Å². The molecule has 56 heavy (non-hydrogen) atoms. The van der Waals surface area contributed by atoms with E-state index in [-0.39, 0.29) is 0 Å². The number of hydrogen-bond acceptors (Lipinski definition) is 2. The van der Waals surface area contributed by atoms with E-state index in [1.807, 2.05) is 11.3 Å². The van der Waals surface area contributed by atoms with Gasteiger partial charge < -0.3 is 4.90 Å². The molecule has 11 rings (SSSR count). The molecule has 0 bridgehead atoms. The van der Waals surface area contributed by atoms with E-state index in [0.29, 0.717) is 0 Å². The largest absolute Gasteiger partial charge is 0.309 e. The highest BCUT2D eigenvalue weighted by Crippen LogP contribution is 2.47. The summed E-state index contributed by atoms with van der Waals surface area (Å²) >= 11 is 1.87. The number of benzene rings is 10. The highest BCUT2D eigenvalue weighted by Gasteiger charge is 2.21. The summed E-state index contributed by atoms with van der Waals surface area (Å²) in [5.41, 5.74) is 10.8. The maximum absolute atomic E-state index is 2.47. The third-order valence-corrected chi connectivity index (χ3v) is 12.4. The lowest BCUT2D eigenvalue weighted by Crippen LogP contribution is -2.10. The van der Waals surface area contributed by atoms with Crippen molar-refractivity contribution in [3.8, 4) is 33.4 Å². The zero-order valence-corrected chi connectivity index (χ0v) is 31.4. The SMILES string of the molecule is c1ccc(-c2cccc3cccc(-c4ccc(N(c5cc(-c6cccc7ccccc67)c6ccccc6c5)c5cccc6c5sc5ccccc56)cc4)c23)cc1. The number of anilines is 3. The van der Waals surface area contributed by atoms with Gasteiger partial charge in [-0.25, -0.2) is 0 Å². The fourth-order valence-electron chi connectivity index (χ4n) is 8.67. The predicted molar refractivity (Wildman–Crippen MR) is 243 cm³/mol. The second kappa shape index (κ2) is 13.4. The van der Waals surface area contributed by atoms with Gasteiger partial charge in [0.1, 0.15) is 0 Å². The van der Waals surface area contributed by atoms with Crippen LogP contribution in [0.3, 0.4) is 0 Å². The molecule has 11 aromatic rings. The average molecular weight is 730 g/mol. The van der Waals surface area contributed by atoms with Crippen LogP contribution < -0.4 is 4.90 Å². The van der Waals surface area contributed by atoms with Crippen molar-refractivity contribution in [1.82, 2.24) is 0 Å². The zero-order valence-electron chi connectivity index (χ0n) is 30.6. The van der Waals surface area contributed by atoms with Gasteiger partial charge in [-0.15, -0.1) is 11.3 Å². The first-order valence-corrected chi connectivity index (χ1v) is 20.0. The highest BCUT2D eigenvalue weighted by molar-refractivity contribution is 7.26. The normalized spacial score (nSPS) is 11.6. The number of fused-ring (bicyclic) bond motifs is 6. The second-order valence-corrected chi connectivity index (χ2v) is 15.5. The lowest BCUT2D eigenvalue weighted by atomic mass is 9.91. The van der Waals surface area contributed by atoms with Crippen LogP contribution in [0.1, 0.15) is 0 Å². The molecule has 1 heterocycles. The Kier molecular flexibility index (Phi) is 7.75. The van der Waals surface area contributed by atoms with Crippen molar-refractivity contribution >= 4 is 80.9 Å². The summed E-state index contributed by atoms with van der Waals surface area (Å²) in [5.74, 6) is 0. The molecule has 0 radical (unpaired) electrons. The van der Waals surface area contributed by atoms with Crippen LogP contribution in [0.2, 0.25) is 0 Å². The van der Waals surface area contributed by atoms with E-state index in [0.717, 1.165) is 11.4 Å². The maximum atomic E-state index is 2.47. The molecule has 0 N–H and O–H groups in total. The van der Waals surface area contributed by atoms with Crippen LogP contribution in [0, 0.1) is 0 Å². The van der Waals surface area contributed by atoms with Gasteiger partial charge in [-0.1, -0.05) is 176 Å². The van der Waals surface area contributed by atoms with Crippen LogP contribution in [0.4, 0.5) is 17.1 Å². The summed E-state index contributed by atoms with van der Waals surface area (Å²) in [7, 11) is 0. The molecule has 262 valence electrons. The molecule has 0 atom stereocenters. The Bertz CT molecular complexity index is 3240. The molecular formula is C54H35NS. The Hall–Kier alpha value is -7.00. The topological polar surface area (TPSA) is 3.24 Å². The first-order valence-electron chi connectivity index (χ1n) is 19.2. The highest BCUT2D eigenvalue weighted by atomic mass is 32.1. The fraction of sp³-hybridized carbons (Fsp3) is 0. The van der Waals surface area contributed by atoms with E-state index >= 15 is 0 Å². The van der Waals surface area contributed by atoms with E-state index in [1.54, 1.807) is 0 Å². The number of nitrogens with zero attached hydrogens (tertiary/aromatic N) is 1. The van der Waals surface area contributed by atoms with Gasteiger partial charge >= 0.3 is 0 Å². The number of thiophene rings is 1. The minimum Gasteiger partial charge on any atom is -0.309 e. The third-order valence-electron chi connectivity index (χ3n) is 11.2. The van der Waals surface area contributed by atoms with Gasteiger partial charge in [0.15, 0.2) is 0 Å². The molecule has 0 saturated carbocycles. The first kappa shape index (κ1) is 32.4. The third kappa shape index (κ3) is 5.38. The van der Waals surface area contributed by atoms with Crippen molar-refractivity contribution in [3.63, 3.8) is 0 Å². The van der Waals surface area contributed by atoms with Gasteiger partial charge in [-0.2, -0.15) is 0 Å². The second-order valence-electron chi connectivity index (χ2n) is 14.5. The molecular weight excluding hydrogens is 695 g/mol. The van der Waals surface area contributed by atoms with E-state index in [9.17, 15) is 0 Å². The van der Waals surface area contributed by atoms with Crippen molar-refractivity contribution in [1.29, 1.82) is 0 Å². The molecule has 0 aliphatic carbocycles. The number of hydrogen-bond donors (Lipinski definition) is 0. The monoisotopic (exact) mass is 729 g/mol. The average Bonchev–Trinajstić information content (AvgIpc) is 3.66. The van der Waals surface area contributed by atoms with Crippen molar-refractivity contribution in [2.24, 2.45) is 0 Å². The fourth-order valence-corrected chi connectivity index (χ4v) is 9.88. The van der Waals surface area contributed by atoms with Gasteiger partial charge in [-0.05, 0) is 102 Å². The molecule has 0 fully saturated rings. The lowest BCUT2D eigenvalue weighted by molar-refractivity contribution is 1.31. The summed E-state index contributed by atoms with van der Waals surface area (Å²) in [6, 6.07) is 77.8. The van der Waals surface area contributed by atoms with Gasteiger partial charge in [0.25, 0.3) is 0 Å². The molecule has 10 aromatic carbocycles. The summed E-state index contributed by atoms with van der Waals surface area (Å²) in [5, 5.41) is 10.0. The zero-order chi connectivity index (χ0) is 37.0. The Morgan fingerprint density at radius 1 is 0.321 bits per heavy atom. The van der Waals surface area contributed by atoms with Crippen molar-refractivity contribution in [2.45, 2.75) is 0 Å². The predicted octanol–water partition coefficient (Wildman–Crippen LogP) is 16.0. The summed E-state index contributed by atoms with van der Waals surface area (Å²) in [6.07, 6.45) is 0. The minimum absolute atomic E-state index is 1.11.